The summed E-state index contributed by atoms with van der Waals surface area (Å²) in [4.78, 5) is 45.1. The van der Waals surface area contributed by atoms with Gasteiger partial charge in [-0.3, -0.25) is 14.4 Å². The summed E-state index contributed by atoms with van der Waals surface area (Å²) in [7, 11) is 0. The second-order valence-corrected chi connectivity index (χ2v) is 15.7. The minimum absolute atomic E-state index is 0.0182. The number of benzene rings is 1. The van der Waals surface area contributed by atoms with Gasteiger partial charge in [-0.1, -0.05) is 72.1 Å². The van der Waals surface area contributed by atoms with Crippen molar-refractivity contribution in [2.24, 2.45) is 22.2 Å². The Hall–Kier alpha value is -3.93. The molecule has 0 aliphatic heterocycles. The average molecular weight is 671 g/mol. The molecular formula is C43H58O6. The van der Waals surface area contributed by atoms with E-state index in [2.05, 4.69) is 52.8 Å². The van der Waals surface area contributed by atoms with Crippen LogP contribution >= 0.6 is 0 Å². The van der Waals surface area contributed by atoms with Crippen LogP contribution in [0.3, 0.4) is 0 Å². The molecule has 6 nitrogen and oxygen atoms in total. The smallest absolute Gasteiger partial charge is 0.184 e. The third kappa shape index (κ3) is 8.11. The van der Waals surface area contributed by atoms with E-state index in [1.54, 1.807) is 0 Å². The van der Waals surface area contributed by atoms with Gasteiger partial charge in [-0.25, -0.2) is 0 Å². The number of Topliss-reactive ketones (excluding diaryl/α,β-unsaturated/α-hetero) is 3. The fourth-order valence-electron chi connectivity index (χ4n) is 7.52. The summed E-state index contributed by atoms with van der Waals surface area (Å²) in [5.41, 5.74) is 1.27. The van der Waals surface area contributed by atoms with Gasteiger partial charge < -0.3 is 15.3 Å². The SMILES string of the molecule is CC(C)=CCC/C(C)=C/C[C@@H]1C[C@@]2(C/C=C(\C)CCC=C(C)C)C(=O)/C(=C(/O)c3ccc(O)c(O)c3)C(=O)[C@](CC=C(C)C)(C2=O)C1(C)C. The Kier molecular flexibility index (Phi) is 12.7. The molecule has 49 heavy (non-hydrogen) atoms. The summed E-state index contributed by atoms with van der Waals surface area (Å²) in [6.45, 7) is 20.2. The van der Waals surface area contributed by atoms with Gasteiger partial charge in [0.1, 0.15) is 16.7 Å². The highest BCUT2D eigenvalue weighted by molar-refractivity contribution is 6.41. The number of hydrogen-bond acceptors (Lipinski definition) is 6. The van der Waals surface area contributed by atoms with Crippen molar-refractivity contribution in [2.75, 3.05) is 0 Å². The van der Waals surface area contributed by atoms with Crippen molar-refractivity contribution in [1.82, 2.24) is 0 Å². The van der Waals surface area contributed by atoms with Crippen molar-refractivity contribution in [3.05, 3.63) is 87.6 Å². The van der Waals surface area contributed by atoms with Crippen LogP contribution in [-0.2, 0) is 14.4 Å². The highest BCUT2D eigenvalue weighted by Crippen LogP contribution is 2.65. The molecule has 3 N–H and O–H groups in total. The molecule has 0 amide bonds. The Balaban J connectivity index is 2.32. The molecule has 2 bridgehead atoms. The third-order valence-electron chi connectivity index (χ3n) is 10.8. The third-order valence-corrected chi connectivity index (χ3v) is 10.8. The van der Waals surface area contributed by atoms with Gasteiger partial charge in [-0.2, -0.15) is 0 Å². The lowest BCUT2D eigenvalue weighted by Crippen LogP contribution is -2.69. The molecule has 0 aromatic heterocycles. The first-order valence-corrected chi connectivity index (χ1v) is 17.6. The number of rotatable bonds is 13. The molecule has 0 spiro atoms. The number of phenolic OH excluding ortho intramolecular Hbond substituents is 2. The van der Waals surface area contributed by atoms with Crippen molar-refractivity contribution in [2.45, 2.75) is 121 Å². The number of allylic oxidation sites excluding steroid dienone is 11. The van der Waals surface area contributed by atoms with Crippen LogP contribution in [0.1, 0.15) is 126 Å². The maximum atomic E-state index is 15.2. The molecule has 2 fully saturated rings. The number of phenols is 2. The van der Waals surface area contributed by atoms with Gasteiger partial charge in [0.05, 0.1) is 5.41 Å². The highest BCUT2D eigenvalue weighted by atomic mass is 16.3. The predicted molar refractivity (Wildman–Crippen MR) is 199 cm³/mol. The normalized spacial score (nSPS) is 24.8. The van der Waals surface area contributed by atoms with E-state index in [0.29, 0.717) is 6.42 Å². The molecule has 2 aliphatic rings. The van der Waals surface area contributed by atoms with Crippen molar-refractivity contribution >= 4 is 23.1 Å². The zero-order chi connectivity index (χ0) is 36.9. The topological polar surface area (TPSA) is 112 Å². The summed E-state index contributed by atoms with van der Waals surface area (Å²) in [6, 6.07) is 3.68. The number of hydrogen-bond donors (Lipinski definition) is 3. The van der Waals surface area contributed by atoms with Gasteiger partial charge in [-0.15, -0.1) is 0 Å². The first-order chi connectivity index (χ1) is 22.8. The standard InChI is InChI=1S/C43H58O6/c1-27(2)13-11-15-30(7)17-19-33-26-42(23-22-31(8)16-12-14-28(3)4)38(47)36(37(46)32-18-20-34(44)35(45)25-32)39(48)43(40(42)49,41(33,9)10)24-21-29(5)6/h13-14,17-18,20-22,25,33,44-46H,11-12,15-16,19,23-24,26H2,1-10H3/b30-17+,31-22+,37-36-/t33-,42+,43-/m1/s1. The first-order valence-electron chi connectivity index (χ1n) is 17.6. The molecule has 2 aliphatic carbocycles. The Labute approximate surface area is 294 Å². The fourth-order valence-corrected chi connectivity index (χ4v) is 7.52. The molecule has 0 unspecified atom stereocenters. The molecule has 6 heteroatoms. The van der Waals surface area contributed by atoms with Crippen LogP contribution in [-0.4, -0.2) is 32.7 Å². The maximum Gasteiger partial charge on any atom is 0.184 e. The molecule has 1 aromatic carbocycles. The second-order valence-electron chi connectivity index (χ2n) is 15.7. The van der Waals surface area contributed by atoms with Gasteiger partial charge in [0.25, 0.3) is 0 Å². The minimum atomic E-state index is -1.61. The van der Waals surface area contributed by atoms with Crippen LogP contribution in [0.15, 0.2) is 82.0 Å². The van der Waals surface area contributed by atoms with E-state index in [-0.39, 0.29) is 36.5 Å². The van der Waals surface area contributed by atoms with E-state index in [4.69, 9.17) is 0 Å². The zero-order valence-electron chi connectivity index (χ0n) is 31.4. The number of carbonyl (C=O) groups excluding carboxylic acids is 3. The lowest BCUT2D eigenvalue weighted by atomic mass is 9.38. The van der Waals surface area contributed by atoms with E-state index < -0.39 is 50.6 Å². The van der Waals surface area contributed by atoms with Gasteiger partial charge in [0, 0.05) is 5.56 Å². The summed E-state index contributed by atoms with van der Waals surface area (Å²) in [5.74, 6) is -3.36. The van der Waals surface area contributed by atoms with Crippen molar-refractivity contribution in [3.63, 3.8) is 0 Å². The summed E-state index contributed by atoms with van der Waals surface area (Å²) < 4.78 is 0. The molecular weight excluding hydrogens is 612 g/mol. The fraction of sp³-hybridized carbons (Fsp3) is 0.512. The monoisotopic (exact) mass is 670 g/mol. The number of aliphatic hydroxyl groups is 1. The van der Waals surface area contributed by atoms with E-state index >= 15 is 9.59 Å². The van der Waals surface area contributed by atoms with Crippen LogP contribution in [0, 0.1) is 22.2 Å². The molecule has 3 atom stereocenters. The quantitative estimate of drug-likeness (QED) is 0.0481. The van der Waals surface area contributed by atoms with Crippen molar-refractivity contribution < 1.29 is 29.7 Å². The number of carbonyl (C=O) groups is 3. The van der Waals surface area contributed by atoms with E-state index in [1.165, 1.54) is 28.9 Å². The molecule has 0 saturated heterocycles. The van der Waals surface area contributed by atoms with Gasteiger partial charge in [-0.05, 0) is 136 Å². The second kappa shape index (κ2) is 15.7. The van der Waals surface area contributed by atoms with Gasteiger partial charge >= 0.3 is 0 Å². The first kappa shape index (κ1) is 39.5. The summed E-state index contributed by atoms with van der Waals surface area (Å²) >= 11 is 0. The number of fused-ring (bicyclic) bond motifs is 2. The highest BCUT2D eigenvalue weighted by Gasteiger charge is 2.73. The zero-order valence-corrected chi connectivity index (χ0v) is 31.4. The molecule has 1 aromatic rings. The van der Waals surface area contributed by atoms with E-state index in [0.717, 1.165) is 42.9 Å². The average Bonchev–Trinajstić information content (AvgIpc) is 3.00. The Bertz CT molecular complexity index is 1650. The van der Waals surface area contributed by atoms with Crippen LogP contribution in [0.25, 0.3) is 5.76 Å². The minimum Gasteiger partial charge on any atom is -0.506 e. The van der Waals surface area contributed by atoms with Gasteiger partial charge in [0.15, 0.2) is 28.8 Å². The van der Waals surface area contributed by atoms with Crippen LogP contribution in [0.4, 0.5) is 0 Å². The molecule has 0 radical (unpaired) electrons. The number of aliphatic hydroxyl groups excluding tert-OH is 1. The molecule has 2 saturated carbocycles. The number of aromatic hydroxyl groups is 2. The van der Waals surface area contributed by atoms with Crippen molar-refractivity contribution in [1.29, 1.82) is 0 Å². The Morgan fingerprint density at radius 3 is 1.82 bits per heavy atom. The molecule has 3 rings (SSSR count). The van der Waals surface area contributed by atoms with Gasteiger partial charge in [0.2, 0.25) is 0 Å². The summed E-state index contributed by atoms with van der Waals surface area (Å²) in [6.07, 6.45) is 15.0. The van der Waals surface area contributed by atoms with E-state index in [9.17, 15) is 20.1 Å². The maximum absolute atomic E-state index is 15.2. The largest absolute Gasteiger partial charge is 0.506 e. The number of ketones is 3. The molecule has 0 heterocycles. The van der Waals surface area contributed by atoms with Crippen LogP contribution < -0.4 is 0 Å². The van der Waals surface area contributed by atoms with Crippen LogP contribution in [0.2, 0.25) is 0 Å². The Morgan fingerprint density at radius 2 is 1.29 bits per heavy atom. The van der Waals surface area contributed by atoms with Crippen LogP contribution in [0.5, 0.6) is 11.5 Å². The predicted octanol–water partition coefficient (Wildman–Crippen LogP) is 10.6. The Morgan fingerprint density at radius 1 is 0.735 bits per heavy atom. The van der Waals surface area contributed by atoms with Crippen molar-refractivity contribution in [3.8, 4) is 11.5 Å². The lowest BCUT2D eigenvalue weighted by Gasteiger charge is -2.60. The molecule has 266 valence electrons. The van der Waals surface area contributed by atoms with E-state index in [1.807, 2.05) is 46.8 Å². The summed E-state index contributed by atoms with van der Waals surface area (Å²) in [5, 5.41) is 31.9. The lowest BCUT2D eigenvalue weighted by molar-refractivity contribution is -0.176.